The van der Waals surface area contributed by atoms with Gasteiger partial charge in [0.1, 0.15) is 6.54 Å². The van der Waals surface area contributed by atoms with Crippen LogP contribution in [0.15, 0.2) is 12.5 Å². The summed E-state index contributed by atoms with van der Waals surface area (Å²) >= 11 is 0. The molecule has 1 unspecified atom stereocenters. The van der Waals surface area contributed by atoms with Crippen molar-refractivity contribution in [2.75, 3.05) is 39.3 Å². The summed E-state index contributed by atoms with van der Waals surface area (Å²) in [5.74, 6) is -0.434. The van der Waals surface area contributed by atoms with Crippen molar-refractivity contribution in [3.8, 4) is 0 Å². The third-order valence-corrected chi connectivity index (χ3v) is 6.20. The van der Waals surface area contributed by atoms with Crippen LogP contribution in [0.4, 0.5) is 4.79 Å². The number of nitrogens with one attached hydrogen (secondary N) is 2. The minimum Gasteiger partial charge on any atom is -0.348 e. The average Bonchev–Trinajstić information content (AvgIpc) is 3.34. The summed E-state index contributed by atoms with van der Waals surface area (Å²) in [5, 5.41) is 2.44. The third kappa shape index (κ3) is 4.10. The summed E-state index contributed by atoms with van der Waals surface area (Å²) in [6.07, 6.45) is 7.18. The van der Waals surface area contributed by atoms with Gasteiger partial charge in [0, 0.05) is 56.3 Å². The first-order chi connectivity index (χ1) is 14.0. The molecule has 3 fully saturated rings. The van der Waals surface area contributed by atoms with Gasteiger partial charge in [-0.2, -0.15) is 0 Å². The number of hydrogen-bond donors (Lipinski definition) is 2. The molecular weight excluding hydrogens is 376 g/mol. The molecule has 4 rings (SSSR count). The molecule has 1 atom stereocenters. The van der Waals surface area contributed by atoms with E-state index in [1.54, 1.807) is 17.4 Å². The van der Waals surface area contributed by atoms with Crippen molar-refractivity contribution in [2.45, 2.75) is 32.1 Å². The summed E-state index contributed by atoms with van der Waals surface area (Å²) in [5.41, 5.74) is 0.874. The molecule has 1 aromatic heterocycles. The first-order valence-electron chi connectivity index (χ1n) is 10.1. The molecule has 2 N–H and O–H groups in total. The molecule has 0 aliphatic carbocycles. The van der Waals surface area contributed by atoms with E-state index in [1.807, 2.05) is 4.90 Å². The summed E-state index contributed by atoms with van der Waals surface area (Å²) in [4.78, 5) is 60.4. The van der Waals surface area contributed by atoms with Gasteiger partial charge in [0.2, 0.25) is 11.8 Å². The fourth-order valence-electron chi connectivity index (χ4n) is 4.59. The number of urea groups is 1. The van der Waals surface area contributed by atoms with E-state index >= 15 is 0 Å². The summed E-state index contributed by atoms with van der Waals surface area (Å²) < 4.78 is 0. The van der Waals surface area contributed by atoms with Gasteiger partial charge in [0.25, 0.3) is 5.91 Å². The average molecular weight is 402 g/mol. The van der Waals surface area contributed by atoms with Crippen molar-refractivity contribution < 1.29 is 19.2 Å². The molecule has 0 bridgehead atoms. The number of carbonyl (C=O) groups excluding carboxylic acids is 4. The maximum Gasteiger partial charge on any atom is 0.325 e. The summed E-state index contributed by atoms with van der Waals surface area (Å²) in [7, 11) is 0. The molecule has 29 heavy (non-hydrogen) atoms. The van der Waals surface area contributed by atoms with Crippen LogP contribution in [-0.4, -0.2) is 87.7 Å². The highest BCUT2D eigenvalue weighted by atomic mass is 16.2. The second-order valence-corrected chi connectivity index (χ2v) is 8.20. The molecule has 3 aliphatic heterocycles. The first-order valence-corrected chi connectivity index (χ1v) is 10.1. The SMILES string of the molecule is O=C1CCC2(CCCN(C(=O)CN3C(=O)CNC3=O)C2)CN1CCc1cnc[nH]1. The molecule has 0 saturated carbocycles. The number of imide groups is 1. The zero-order chi connectivity index (χ0) is 20.4. The number of aromatic nitrogens is 2. The highest BCUT2D eigenvalue weighted by molar-refractivity contribution is 6.04. The molecule has 0 radical (unpaired) electrons. The molecule has 1 aromatic rings. The minimum absolute atomic E-state index is 0.0521. The number of carbonyl (C=O) groups is 4. The zero-order valence-electron chi connectivity index (χ0n) is 16.4. The number of nitrogens with zero attached hydrogens (tertiary/aromatic N) is 4. The van der Waals surface area contributed by atoms with E-state index in [1.165, 1.54) is 0 Å². The smallest absolute Gasteiger partial charge is 0.325 e. The quantitative estimate of drug-likeness (QED) is 0.658. The van der Waals surface area contributed by atoms with Gasteiger partial charge in [-0.3, -0.25) is 19.3 Å². The van der Waals surface area contributed by atoms with Crippen LogP contribution in [0.25, 0.3) is 0 Å². The molecule has 3 aliphatic rings. The van der Waals surface area contributed by atoms with Crippen LogP contribution in [0.5, 0.6) is 0 Å². The van der Waals surface area contributed by atoms with Crippen LogP contribution < -0.4 is 5.32 Å². The topological polar surface area (TPSA) is 119 Å². The van der Waals surface area contributed by atoms with Crippen LogP contribution in [0.1, 0.15) is 31.4 Å². The summed E-state index contributed by atoms with van der Waals surface area (Å²) in [6.45, 7) is 2.16. The lowest BCUT2D eigenvalue weighted by molar-refractivity contribution is -0.144. The van der Waals surface area contributed by atoms with Crippen molar-refractivity contribution in [3.63, 3.8) is 0 Å². The van der Waals surface area contributed by atoms with Gasteiger partial charge in [-0.1, -0.05) is 0 Å². The number of likely N-dealkylation sites (tertiary alicyclic amines) is 2. The predicted octanol–water partition coefficient (Wildman–Crippen LogP) is -0.265. The number of imidazole rings is 1. The number of H-pyrrole nitrogens is 1. The van der Waals surface area contributed by atoms with E-state index < -0.39 is 6.03 Å². The van der Waals surface area contributed by atoms with E-state index in [2.05, 4.69) is 15.3 Å². The monoisotopic (exact) mass is 402 g/mol. The maximum absolute atomic E-state index is 12.8. The Morgan fingerprint density at radius 2 is 2.03 bits per heavy atom. The molecule has 10 nitrogen and oxygen atoms in total. The van der Waals surface area contributed by atoms with Crippen LogP contribution in [-0.2, 0) is 20.8 Å². The second kappa shape index (κ2) is 7.84. The molecular formula is C19H26N6O4. The fraction of sp³-hybridized carbons (Fsp3) is 0.632. The minimum atomic E-state index is -0.511. The first kappa shape index (κ1) is 19.4. The Morgan fingerprint density at radius 3 is 2.76 bits per heavy atom. The largest absolute Gasteiger partial charge is 0.348 e. The Kier molecular flexibility index (Phi) is 5.25. The van der Waals surface area contributed by atoms with E-state index in [-0.39, 0.29) is 36.2 Å². The van der Waals surface area contributed by atoms with Crippen molar-refractivity contribution in [3.05, 3.63) is 18.2 Å². The van der Waals surface area contributed by atoms with Gasteiger partial charge in [0.15, 0.2) is 0 Å². The van der Waals surface area contributed by atoms with Crippen molar-refractivity contribution in [1.82, 2.24) is 30.0 Å². The highest BCUT2D eigenvalue weighted by Crippen LogP contribution is 2.39. The Morgan fingerprint density at radius 1 is 1.17 bits per heavy atom. The van der Waals surface area contributed by atoms with E-state index in [4.69, 9.17) is 0 Å². The molecule has 5 amide bonds. The standard InChI is InChI=1S/C19H26N6O4/c26-15-2-5-19(12-24(15)7-3-14-8-20-13-22-14)4-1-6-23(11-19)17(28)10-25-16(27)9-21-18(25)29/h8,13H,1-7,9-12H2,(H,20,22)(H,21,29). The normalized spacial score (nSPS) is 25.1. The van der Waals surface area contributed by atoms with Gasteiger partial charge in [-0.25, -0.2) is 9.78 Å². The maximum atomic E-state index is 12.8. The fourth-order valence-corrected chi connectivity index (χ4v) is 4.59. The molecule has 156 valence electrons. The van der Waals surface area contributed by atoms with Gasteiger partial charge in [-0.05, 0) is 19.3 Å². The third-order valence-electron chi connectivity index (χ3n) is 6.20. The van der Waals surface area contributed by atoms with Crippen molar-refractivity contribution in [1.29, 1.82) is 0 Å². The van der Waals surface area contributed by atoms with Gasteiger partial charge in [-0.15, -0.1) is 0 Å². The van der Waals surface area contributed by atoms with Gasteiger partial charge < -0.3 is 20.1 Å². The van der Waals surface area contributed by atoms with Crippen LogP contribution in [0, 0.1) is 5.41 Å². The Labute approximate surface area is 168 Å². The Bertz CT molecular complexity index is 794. The van der Waals surface area contributed by atoms with E-state index in [0.717, 1.165) is 36.3 Å². The molecule has 3 saturated heterocycles. The Balaban J connectivity index is 1.38. The number of hydrogen-bond acceptors (Lipinski definition) is 5. The predicted molar refractivity (Wildman–Crippen MR) is 101 cm³/mol. The van der Waals surface area contributed by atoms with Gasteiger partial charge >= 0.3 is 6.03 Å². The summed E-state index contributed by atoms with van der Waals surface area (Å²) in [6, 6.07) is -0.511. The number of aromatic amines is 1. The van der Waals surface area contributed by atoms with Crippen LogP contribution in [0.2, 0.25) is 0 Å². The second-order valence-electron chi connectivity index (χ2n) is 8.20. The Hall–Kier alpha value is -2.91. The molecule has 1 spiro atoms. The van der Waals surface area contributed by atoms with Crippen LogP contribution >= 0.6 is 0 Å². The van der Waals surface area contributed by atoms with E-state index in [9.17, 15) is 19.2 Å². The zero-order valence-corrected chi connectivity index (χ0v) is 16.4. The van der Waals surface area contributed by atoms with Crippen molar-refractivity contribution in [2.24, 2.45) is 5.41 Å². The number of amides is 5. The van der Waals surface area contributed by atoms with Crippen molar-refractivity contribution >= 4 is 23.8 Å². The number of piperidine rings is 2. The highest BCUT2D eigenvalue weighted by Gasteiger charge is 2.43. The lowest BCUT2D eigenvalue weighted by Crippen LogP contribution is -2.56. The molecule has 10 heteroatoms. The number of rotatable bonds is 5. The lowest BCUT2D eigenvalue weighted by atomic mass is 9.73. The van der Waals surface area contributed by atoms with E-state index in [0.29, 0.717) is 32.6 Å². The molecule has 4 heterocycles. The van der Waals surface area contributed by atoms with Crippen LogP contribution in [0.3, 0.4) is 0 Å². The molecule has 0 aromatic carbocycles. The lowest BCUT2D eigenvalue weighted by Gasteiger charge is -2.48. The van der Waals surface area contributed by atoms with Gasteiger partial charge in [0.05, 0.1) is 12.9 Å².